The van der Waals surface area contributed by atoms with Crippen molar-refractivity contribution in [3.8, 4) is 5.75 Å². The summed E-state index contributed by atoms with van der Waals surface area (Å²) in [6, 6.07) is 7.80. The molecule has 0 aliphatic rings. The lowest BCUT2D eigenvalue weighted by Gasteiger charge is -2.34. The van der Waals surface area contributed by atoms with Crippen molar-refractivity contribution < 1.29 is 9.53 Å². The Hall–Kier alpha value is -1.51. The largest absolute Gasteiger partial charge is 0.481 e. The third-order valence-corrected chi connectivity index (χ3v) is 3.40. The van der Waals surface area contributed by atoms with Crippen molar-refractivity contribution in [2.24, 2.45) is 5.41 Å². The molecule has 124 valence electrons. The van der Waals surface area contributed by atoms with Crippen LogP contribution in [0.4, 0.5) is 0 Å². The molecule has 22 heavy (non-hydrogen) atoms. The van der Waals surface area contributed by atoms with E-state index in [1.54, 1.807) is 0 Å². The summed E-state index contributed by atoms with van der Waals surface area (Å²) in [5.74, 6) is 0.693. The lowest BCUT2D eigenvalue weighted by molar-refractivity contribution is -0.130. The number of hydrogen-bond acceptors (Lipinski definition) is 2. The van der Waals surface area contributed by atoms with Gasteiger partial charge in [-0.2, -0.15) is 0 Å². The zero-order chi connectivity index (χ0) is 17.0. The van der Waals surface area contributed by atoms with Crippen molar-refractivity contribution in [3.63, 3.8) is 0 Å². The molecular formula is C19H31NO2. The third-order valence-electron chi connectivity index (χ3n) is 3.40. The van der Waals surface area contributed by atoms with E-state index in [0.29, 0.717) is 6.42 Å². The first-order valence-corrected chi connectivity index (χ1v) is 8.08. The monoisotopic (exact) mass is 305 g/mol. The smallest absolute Gasteiger partial charge is 0.261 e. The number of hydrogen-bond donors (Lipinski definition) is 1. The molecule has 0 aromatic heterocycles. The van der Waals surface area contributed by atoms with Crippen LogP contribution in [0.5, 0.6) is 5.75 Å². The summed E-state index contributed by atoms with van der Waals surface area (Å²) in [7, 11) is 0. The lowest BCUT2D eigenvalue weighted by atomic mass is 9.81. The number of nitrogens with one attached hydrogen (secondary N) is 1. The number of amides is 1. The van der Waals surface area contributed by atoms with Crippen molar-refractivity contribution >= 4 is 5.91 Å². The molecule has 0 saturated heterocycles. The van der Waals surface area contributed by atoms with Crippen LogP contribution in [-0.2, 0) is 4.79 Å². The van der Waals surface area contributed by atoms with Crippen molar-refractivity contribution in [1.29, 1.82) is 0 Å². The molecule has 3 heteroatoms. The number of carbonyl (C=O) groups is 1. The maximum absolute atomic E-state index is 12.5. The van der Waals surface area contributed by atoms with Crippen molar-refractivity contribution in [3.05, 3.63) is 29.8 Å². The van der Waals surface area contributed by atoms with Crippen LogP contribution in [0.25, 0.3) is 0 Å². The second-order valence-corrected chi connectivity index (χ2v) is 7.94. The number of carbonyl (C=O) groups excluding carboxylic acids is 1. The summed E-state index contributed by atoms with van der Waals surface area (Å²) in [4.78, 5) is 12.5. The van der Waals surface area contributed by atoms with Crippen LogP contribution >= 0.6 is 0 Å². The minimum atomic E-state index is -0.457. The molecule has 3 nitrogen and oxygen atoms in total. The number of rotatable bonds is 6. The summed E-state index contributed by atoms with van der Waals surface area (Å²) < 4.78 is 5.84. The van der Waals surface area contributed by atoms with Gasteiger partial charge in [0.1, 0.15) is 5.75 Å². The molecule has 0 aliphatic heterocycles. The van der Waals surface area contributed by atoms with E-state index >= 15 is 0 Å². The average Bonchev–Trinajstić information content (AvgIpc) is 2.34. The zero-order valence-electron chi connectivity index (χ0n) is 15.1. The van der Waals surface area contributed by atoms with Gasteiger partial charge in [-0.25, -0.2) is 0 Å². The Balaban J connectivity index is 2.70. The Bertz CT molecular complexity index is 483. The van der Waals surface area contributed by atoms with Crippen molar-refractivity contribution in [2.75, 3.05) is 0 Å². The van der Waals surface area contributed by atoms with Crippen LogP contribution in [0.15, 0.2) is 24.3 Å². The highest BCUT2D eigenvalue weighted by Gasteiger charge is 2.30. The normalized spacial score (nSPS) is 13.6. The molecule has 0 bridgehead atoms. The van der Waals surface area contributed by atoms with E-state index in [4.69, 9.17) is 4.74 Å². The molecule has 1 atom stereocenters. The van der Waals surface area contributed by atoms with E-state index in [0.717, 1.165) is 12.2 Å². The van der Waals surface area contributed by atoms with Gasteiger partial charge in [-0.15, -0.1) is 0 Å². The number of aryl methyl sites for hydroxylation is 1. The fourth-order valence-electron chi connectivity index (χ4n) is 2.89. The fourth-order valence-corrected chi connectivity index (χ4v) is 2.89. The molecule has 0 aliphatic carbocycles. The highest BCUT2D eigenvalue weighted by Crippen LogP contribution is 2.27. The fraction of sp³-hybridized carbons (Fsp3) is 0.632. The van der Waals surface area contributed by atoms with E-state index in [1.807, 2.05) is 38.1 Å². The minimum absolute atomic E-state index is 0.0441. The van der Waals surface area contributed by atoms with E-state index in [9.17, 15) is 4.79 Å². The summed E-state index contributed by atoms with van der Waals surface area (Å²) >= 11 is 0. The zero-order valence-corrected chi connectivity index (χ0v) is 15.1. The molecule has 0 spiro atoms. The van der Waals surface area contributed by atoms with E-state index in [-0.39, 0.29) is 16.9 Å². The van der Waals surface area contributed by atoms with Gasteiger partial charge in [0, 0.05) is 5.54 Å². The summed E-state index contributed by atoms with van der Waals surface area (Å²) in [6.07, 6.45) is 1.10. The van der Waals surface area contributed by atoms with Gasteiger partial charge in [-0.1, -0.05) is 45.4 Å². The summed E-state index contributed by atoms with van der Waals surface area (Å²) in [6.45, 7) is 14.7. The quantitative estimate of drug-likeness (QED) is 0.841. The second kappa shape index (κ2) is 7.17. The average molecular weight is 305 g/mol. The van der Waals surface area contributed by atoms with Gasteiger partial charge in [-0.05, 0) is 51.2 Å². The van der Waals surface area contributed by atoms with E-state index in [1.165, 1.54) is 5.56 Å². The predicted molar refractivity (Wildman–Crippen MR) is 92.2 cm³/mol. The number of benzene rings is 1. The summed E-state index contributed by atoms with van der Waals surface area (Å²) in [5, 5.41) is 3.13. The Morgan fingerprint density at radius 3 is 2.14 bits per heavy atom. The van der Waals surface area contributed by atoms with Crippen molar-refractivity contribution in [2.45, 2.75) is 73.0 Å². The molecule has 0 saturated carbocycles. The lowest BCUT2D eigenvalue weighted by Crippen LogP contribution is -2.50. The van der Waals surface area contributed by atoms with Gasteiger partial charge < -0.3 is 10.1 Å². The Morgan fingerprint density at radius 1 is 1.14 bits per heavy atom. The molecule has 1 rings (SSSR count). The van der Waals surface area contributed by atoms with Gasteiger partial charge in [0.2, 0.25) is 0 Å². The van der Waals surface area contributed by atoms with Crippen LogP contribution in [0.3, 0.4) is 0 Å². The topological polar surface area (TPSA) is 38.3 Å². The van der Waals surface area contributed by atoms with Gasteiger partial charge in [0.05, 0.1) is 0 Å². The second-order valence-electron chi connectivity index (χ2n) is 7.94. The molecule has 0 fully saturated rings. The van der Waals surface area contributed by atoms with Crippen molar-refractivity contribution in [1.82, 2.24) is 5.32 Å². The van der Waals surface area contributed by atoms with Crippen LogP contribution in [0.1, 0.15) is 59.9 Å². The van der Waals surface area contributed by atoms with Crippen LogP contribution in [-0.4, -0.2) is 17.6 Å². The molecular weight excluding hydrogens is 274 g/mol. The highest BCUT2D eigenvalue weighted by molar-refractivity contribution is 5.81. The van der Waals surface area contributed by atoms with Gasteiger partial charge >= 0.3 is 0 Å². The van der Waals surface area contributed by atoms with E-state index < -0.39 is 6.10 Å². The first-order valence-electron chi connectivity index (χ1n) is 8.08. The van der Waals surface area contributed by atoms with E-state index in [2.05, 4.69) is 39.9 Å². The first-order chi connectivity index (χ1) is 10.0. The Morgan fingerprint density at radius 2 is 1.68 bits per heavy atom. The van der Waals surface area contributed by atoms with Gasteiger partial charge in [0.15, 0.2) is 6.10 Å². The SMILES string of the molecule is CC[C@H](Oc1ccc(C)cc1)C(=O)NC(C)(C)CC(C)(C)C. The summed E-state index contributed by atoms with van der Waals surface area (Å²) in [5.41, 5.74) is 1.09. The van der Waals surface area contributed by atoms with Crippen LogP contribution < -0.4 is 10.1 Å². The first kappa shape index (κ1) is 18.5. The Kier molecular flexibility index (Phi) is 6.04. The third kappa shape index (κ3) is 6.50. The predicted octanol–water partition coefficient (Wildman–Crippen LogP) is 4.48. The molecule has 1 aromatic rings. The molecule has 0 unspecified atom stereocenters. The van der Waals surface area contributed by atoms with Crippen LogP contribution in [0, 0.1) is 12.3 Å². The Labute approximate surface area is 135 Å². The van der Waals surface area contributed by atoms with Gasteiger partial charge in [0.25, 0.3) is 5.91 Å². The molecule has 1 amide bonds. The van der Waals surface area contributed by atoms with Crippen LogP contribution in [0.2, 0.25) is 0 Å². The highest BCUT2D eigenvalue weighted by atomic mass is 16.5. The maximum Gasteiger partial charge on any atom is 0.261 e. The minimum Gasteiger partial charge on any atom is -0.481 e. The standard InChI is InChI=1S/C19H31NO2/c1-8-16(22-15-11-9-14(2)10-12-15)17(21)20-19(6,7)13-18(3,4)5/h9-12,16H,8,13H2,1-7H3,(H,20,21)/t16-/m0/s1. The molecule has 1 aromatic carbocycles. The molecule has 1 N–H and O–H groups in total. The van der Waals surface area contributed by atoms with Gasteiger partial charge in [-0.3, -0.25) is 4.79 Å². The molecule has 0 heterocycles. The number of ether oxygens (including phenoxy) is 1. The molecule has 0 radical (unpaired) electrons. The maximum atomic E-state index is 12.5.